The summed E-state index contributed by atoms with van der Waals surface area (Å²) in [6.45, 7) is 1.90. The monoisotopic (exact) mass is 333 g/mol. The zero-order chi connectivity index (χ0) is 15.4. The number of hydrogen-bond acceptors (Lipinski definition) is 6. The van der Waals surface area contributed by atoms with E-state index in [4.69, 9.17) is 4.52 Å². The lowest BCUT2D eigenvalue weighted by Gasteiger charge is -1.96. The Morgan fingerprint density at radius 1 is 1.23 bits per heavy atom. The first-order chi connectivity index (χ1) is 10.7. The highest BCUT2D eigenvalue weighted by Crippen LogP contribution is 2.17. The highest BCUT2D eigenvalue weighted by atomic mass is 32.2. The minimum Gasteiger partial charge on any atom is -0.339 e. The molecule has 0 saturated heterocycles. The van der Waals surface area contributed by atoms with Gasteiger partial charge in [-0.1, -0.05) is 35.5 Å². The van der Waals surface area contributed by atoms with Gasteiger partial charge in [0.05, 0.1) is 10.8 Å². The molecule has 5 nitrogen and oxygen atoms in total. The van der Waals surface area contributed by atoms with Gasteiger partial charge >= 0.3 is 0 Å². The van der Waals surface area contributed by atoms with Crippen molar-refractivity contribution < 1.29 is 8.73 Å². The quantitative estimate of drug-likeness (QED) is 0.692. The predicted molar refractivity (Wildman–Crippen MR) is 86.2 cm³/mol. The van der Waals surface area contributed by atoms with Gasteiger partial charge in [0.2, 0.25) is 11.7 Å². The number of aryl methyl sites for hydroxylation is 2. The highest BCUT2D eigenvalue weighted by molar-refractivity contribution is 7.87. The van der Waals surface area contributed by atoms with Crippen molar-refractivity contribution in [3.05, 3.63) is 47.3 Å². The molecule has 0 saturated carbocycles. The van der Waals surface area contributed by atoms with Gasteiger partial charge in [0.1, 0.15) is 0 Å². The number of aromatic nitrogens is 3. The summed E-state index contributed by atoms with van der Waals surface area (Å²) in [6.07, 6.45) is 1.34. The van der Waals surface area contributed by atoms with E-state index in [0.29, 0.717) is 28.2 Å². The van der Waals surface area contributed by atoms with Crippen molar-refractivity contribution in [2.45, 2.75) is 24.1 Å². The second kappa shape index (κ2) is 6.93. The molecule has 0 bridgehead atoms. The smallest absolute Gasteiger partial charge is 0.226 e. The van der Waals surface area contributed by atoms with Crippen molar-refractivity contribution in [3.63, 3.8) is 0 Å². The minimum atomic E-state index is -1.05. The maximum Gasteiger partial charge on any atom is 0.226 e. The molecule has 2 heterocycles. The second-order valence-electron chi connectivity index (χ2n) is 4.79. The molecular weight excluding hydrogens is 318 g/mol. The van der Waals surface area contributed by atoms with Crippen LogP contribution in [0.1, 0.15) is 18.0 Å². The average molecular weight is 333 g/mol. The van der Waals surface area contributed by atoms with Crippen LogP contribution in [0.3, 0.4) is 0 Å². The fourth-order valence-electron chi connectivity index (χ4n) is 1.94. The summed E-state index contributed by atoms with van der Waals surface area (Å²) in [5.74, 6) is 1.72. The van der Waals surface area contributed by atoms with Crippen LogP contribution in [0.5, 0.6) is 0 Å². The zero-order valence-electron chi connectivity index (χ0n) is 12.1. The van der Waals surface area contributed by atoms with Crippen molar-refractivity contribution in [1.29, 1.82) is 0 Å². The SMILES string of the molecule is Cc1csc(S(=O)CCCc2nc(-c3ccccc3)no2)n1. The van der Waals surface area contributed by atoms with E-state index in [2.05, 4.69) is 15.1 Å². The molecule has 0 spiro atoms. The fourth-order valence-corrected chi connectivity index (χ4v) is 4.11. The molecular formula is C15H15N3O2S2. The van der Waals surface area contributed by atoms with Gasteiger partial charge in [0.25, 0.3) is 0 Å². The Hall–Kier alpha value is -1.86. The van der Waals surface area contributed by atoms with Crippen LogP contribution in [0.4, 0.5) is 0 Å². The van der Waals surface area contributed by atoms with Gasteiger partial charge in [-0.25, -0.2) is 4.98 Å². The molecule has 0 N–H and O–H groups in total. The largest absolute Gasteiger partial charge is 0.339 e. The van der Waals surface area contributed by atoms with Gasteiger partial charge in [0, 0.05) is 28.8 Å². The maximum absolute atomic E-state index is 12.1. The molecule has 7 heteroatoms. The molecule has 0 aliphatic heterocycles. The number of benzene rings is 1. The van der Waals surface area contributed by atoms with Crippen LogP contribution in [0.25, 0.3) is 11.4 Å². The van der Waals surface area contributed by atoms with Gasteiger partial charge in [0.15, 0.2) is 4.34 Å². The zero-order valence-corrected chi connectivity index (χ0v) is 13.7. The lowest BCUT2D eigenvalue weighted by molar-refractivity contribution is 0.378. The number of nitrogens with zero attached hydrogens (tertiary/aromatic N) is 3. The third kappa shape index (κ3) is 3.66. The molecule has 1 atom stereocenters. The first-order valence-corrected chi connectivity index (χ1v) is 9.11. The summed E-state index contributed by atoms with van der Waals surface area (Å²) < 4.78 is 18.0. The summed E-state index contributed by atoms with van der Waals surface area (Å²) in [5.41, 5.74) is 1.84. The second-order valence-corrected chi connectivity index (χ2v) is 7.39. The Balaban J connectivity index is 1.54. The van der Waals surface area contributed by atoms with Crippen LogP contribution >= 0.6 is 11.3 Å². The first-order valence-electron chi connectivity index (χ1n) is 6.91. The van der Waals surface area contributed by atoms with Crippen LogP contribution in [-0.2, 0) is 17.2 Å². The van der Waals surface area contributed by atoms with E-state index in [-0.39, 0.29) is 0 Å². The Kier molecular flexibility index (Phi) is 4.74. The summed E-state index contributed by atoms with van der Waals surface area (Å²) in [6, 6.07) is 9.69. The number of rotatable bonds is 6. The van der Waals surface area contributed by atoms with E-state index in [0.717, 1.165) is 17.7 Å². The Bertz CT molecular complexity index is 768. The molecule has 3 aromatic rings. The molecule has 0 aliphatic carbocycles. The van der Waals surface area contributed by atoms with Crippen LogP contribution < -0.4 is 0 Å². The van der Waals surface area contributed by atoms with Gasteiger partial charge in [-0.2, -0.15) is 4.98 Å². The predicted octanol–water partition coefficient (Wildman–Crippen LogP) is 3.24. The third-order valence-electron chi connectivity index (χ3n) is 3.01. The topological polar surface area (TPSA) is 68.9 Å². The van der Waals surface area contributed by atoms with Crippen molar-refractivity contribution in [1.82, 2.24) is 15.1 Å². The van der Waals surface area contributed by atoms with Crippen molar-refractivity contribution in [2.75, 3.05) is 5.75 Å². The van der Waals surface area contributed by atoms with E-state index < -0.39 is 10.8 Å². The molecule has 2 aromatic heterocycles. The van der Waals surface area contributed by atoms with Gasteiger partial charge in [-0.3, -0.25) is 4.21 Å². The molecule has 22 heavy (non-hydrogen) atoms. The Morgan fingerprint density at radius 3 is 2.77 bits per heavy atom. The van der Waals surface area contributed by atoms with Crippen LogP contribution in [0.15, 0.2) is 44.6 Å². The summed E-state index contributed by atoms with van der Waals surface area (Å²) in [5, 5.41) is 5.89. The highest BCUT2D eigenvalue weighted by Gasteiger charge is 2.11. The maximum atomic E-state index is 12.1. The molecule has 0 aliphatic rings. The minimum absolute atomic E-state index is 0.552. The third-order valence-corrected chi connectivity index (χ3v) is 5.75. The normalized spacial score (nSPS) is 12.4. The first kappa shape index (κ1) is 15.1. The molecule has 3 rings (SSSR count). The summed E-state index contributed by atoms with van der Waals surface area (Å²) >= 11 is 1.44. The molecule has 0 radical (unpaired) electrons. The van der Waals surface area contributed by atoms with E-state index in [9.17, 15) is 4.21 Å². The molecule has 0 fully saturated rings. The van der Waals surface area contributed by atoms with E-state index >= 15 is 0 Å². The Morgan fingerprint density at radius 2 is 2.05 bits per heavy atom. The van der Waals surface area contributed by atoms with Crippen LogP contribution in [0.2, 0.25) is 0 Å². The van der Waals surface area contributed by atoms with Crippen LogP contribution in [0, 0.1) is 6.92 Å². The molecule has 114 valence electrons. The van der Waals surface area contributed by atoms with Crippen LogP contribution in [-0.4, -0.2) is 25.1 Å². The van der Waals surface area contributed by atoms with Crippen molar-refractivity contribution in [3.8, 4) is 11.4 Å². The molecule has 1 unspecified atom stereocenters. The number of hydrogen-bond donors (Lipinski definition) is 0. The standard InChI is InChI=1S/C15H15N3O2S2/c1-11-10-21-15(16-11)22(19)9-5-8-13-17-14(18-20-13)12-6-3-2-4-7-12/h2-4,6-7,10H,5,8-9H2,1H3. The van der Waals surface area contributed by atoms with Crippen molar-refractivity contribution >= 4 is 22.1 Å². The molecule has 1 aromatic carbocycles. The molecule has 0 amide bonds. The fraction of sp³-hybridized carbons (Fsp3) is 0.267. The lowest BCUT2D eigenvalue weighted by atomic mass is 10.2. The summed E-state index contributed by atoms with van der Waals surface area (Å²) in [7, 11) is -1.05. The lowest BCUT2D eigenvalue weighted by Crippen LogP contribution is -2.00. The van der Waals surface area contributed by atoms with Gasteiger partial charge in [-0.05, 0) is 13.3 Å². The van der Waals surface area contributed by atoms with Crippen molar-refractivity contribution in [2.24, 2.45) is 0 Å². The Labute approximate surface area is 134 Å². The number of thiazole rings is 1. The summed E-state index contributed by atoms with van der Waals surface area (Å²) in [4.78, 5) is 8.61. The van der Waals surface area contributed by atoms with E-state index in [1.165, 1.54) is 11.3 Å². The average Bonchev–Trinajstić information content (AvgIpc) is 3.17. The van der Waals surface area contributed by atoms with Gasteiger partial charge in [-0.15, -0.1) is 11.3 Å². The van der Waals surface area contributed by atoms with Gasteiger partial charge < -0.3 is 4.52 Å². The van der Waals surface area contributed by atoms with E-state index in [1.807, 2.05) is 42.6 Å². The van der Waals surface area contributed by atoms with E-state index in [1.54, 1.807) is 0 Å².